The van der Waals surface area contributed by atoms with E-state index in [0.717, 1.165) is 23.1 Å². The fourth-order valence-corrected chi connectivity index (χ4v) is 3.37. The van der Waals surface area contributed by atoms with Crippen LogP contribution < -0.4 is 10.2 Å². The van der Waals surface area contributed by atoms with Crippen LogP contribution in [0.3, 0.4) is 0 Å². The van der Waals surface area contributed by atoms with E-state index in [9.17, 15) is 27.6 Å². The SMILES string of the molecule is O=C(Nc1cc(C(F)(F)F)ccc1Cl)c1cccc(N2C(=O)c3ccccc3C2=O)c1. The maximum atomic E-state index is 12.9. The highest BCUT2D eigenvalue weighted by Gasteiger charge is 2.36. The number of alkyl halides is 3. The second-order valence-corrected chi connectivity index (χ2v) is 7.10. The first kappa shape index (κ1) is 20.6. The van der Waals surface area contributed by atoms with Crippen LogP contribution in [-0.2, 0) is 6.18 Å². The van der Waals surface area contributed by atoms with Crippen molar-refractivity contribution in [2.24, 2.45) is 0 Å². The third-order valence-corrected chi connectivity index (χ3v) is 5.03. The third-order valence-electron chi connectivity index (χ3n) is 4.70. The normalized spacial score (nSPS) is 13.4. The number of hydrogen-bond donors (Lipinski definition) is 1. The smallest absolute Gasteiger partial charge is 0.321 e. The molecule has 9 heteroatoms. The molecule has 0 atom stereocenters. The minimum absolute atomic E-state index is 0.0301. The lowest BCUT2D eigenvalue weighted by Crippen LogP contribution is -2.29. The van der Waals surface area contributed by atoms with Gasteiger partial charge >= 0.3 is 6.18 Å². The zero-order valence-corrected chi connectivity index (χ0v) is 16.3. The Bertz CT molecular complexity index is 1210. The summed E-state index contributed by atoms with van der Waals surface area (Å²) in [7, 11) is 0. The number of carbonyl (C=O) groups is 3. The molecule has 0 aliphatic carbocycles. The molecule has 3 aromatic rings. The van der Waals surface area contributed by atoms with E-state index in [1.165, 1.54) is 36.4 Å². The van der Waals surface area contributed by atoms with Crippen molar-refractivity contribution in [2.45, 2.75) is 6.18 Å². The quantitative estimate of drug-likeness (QED) is 0.549. The summed E-state index contributed by atoms with van der Waals surface area (Å²) in [5, 5.41) is 2.27. The molecule has 3 amide bonds. The molecular weight excluding hydrogens is 433 g/mol. The Kier molecular flexibility index (Phi) is 5.02. The van der Waals surface area contributed by atoms with Crippen molar-refractivity contribution in [1.82, 2.24) is 0 Å². The number of anilines is 2. The summed E-state index contributed by atoms with van der Waals surface area (Å²) in [5.74, 6) is -1.81. The molecule has 0 fully saturated rings. The first-order chi connectivity index (χ1) is 14.7. The van der Waals surface area contributed by atoms with E-state index < -0.39 is 29.5 Å². The minimum atomic E-state index is -4.60. The average molecular weight is 445 g/mol. The second-order valence-electron chi connectivity index (χ2n) is 6.69. The molecule has 1 N–H and O–H groups in total. The minimum Gasteiger partial charge on any atom is -0.321 e. The lowest BCUT2D eigenvalue weighted by molar-refractivity contribution is -0.137. The molecule has 0 saturated heterocycles. The third kappa shape index (κ3) is 3.77. The number of nitrogens with zero attached hydrogens (tertiary/aromatic N) is 1. The van der Waals surface area contributed by atoms with Crippen LogP contribution in [0.1, 0.15) is 36.6 Å². The van der Waals surface area contributed by atoms with Crippen LogP contribution in [0.4, 0.5) is 24.5 Å². The number of benzene rings is 3. The number of halogens is 4. The van der Waals surface area contributed by atoms with Gasteiger partial charge in [-0.2, -0.15) is 13.2 Å². The monoisotopic (exact) mass is 444 g/mol. The summed E-state index contributed by atoms with van der Waals surface area (Å²) in [6.45, 7) is 0. The molecule has 1 aliphatic heterocycles. The summed E-state index contributed by atoms with van der Waals surface area (Å²) in [6.07, 6.45) is -4.60. The van der Waals surface area contributed by atoms with Gasteiger partial charge in [-0.05, 0) is 48.5 Å². The van der Waals surface area contributed by atoms with E-state index in [-0.39, 0.29) is 33.1 Å². The van der Waals surface area contributed by atoms with Gasteiger partial charge in [-0.1, -0.05) is 29.8 Å². The number of hydrogen-bond acceptors (Lipinski definition) is 3. The predicted molar refractivity (Wildman–Crippen MR) is 108 cm³/mol. The molecule has 0 unspecified atom stereocenters. The number of amides is 3. The van der Waals surface area contributed by atoms with Crippen molar-refractivity contribution in [1.29, 1.82) is 0 Å². The summed E-state index contributed by atoms with van der Waals surface area (Å²) >= 11 is 5.92. The van der Waals surface area contributed by atoms with Crippen LogP contribution in [0, 0.1) is 0 Å². The molecule has 5 nitrogen and oxygen atoms in total. The second kappa shape index (κ2) is 7.55. The molecule has 3 aromatic carbocycles. The fourth-order valence-electron chi connectivity index (χ4n) is 3.20. The van der Waals surface area contributed by atoms with Crippen molar-refractivity contribution in [2.75, 3.05) is 10.2 Å². The Morgan fingerprint density at radius 3 is 2.13 bits per heavy atom. The Balaban J connectivity index is 1.62. The molecule has 0 spiro atoms. The highest BCUT2D eigenvalue weighted by atomic mass is 35.5. The fraction of sp³-hybridized carbons (Fsp3) is 0.0455. The van der Waals surface area contributed by atoms with Crippen molar-refractivity contribution in [3.05, 3.63) is 94.0 Å². The number of imide groups is 1. The molecule has 1 heterocycles. The van der Waals surface area contributed by atoms with Crippen LogP contribution >= 0.6 is 11.6 Å². The Hall–Kier alpha value is -3.65. The number of fused-ring (bicyclic) bond motifs is 1. The largest absolute Gasteiger partial charge is 0.416 e. The lowest BCUT2D eigenvalue weighted by atomic mass is 10.1. The molecule has 156 valence electrons. The van der Waals surface area contributed by atoms with Crippen LogP contribution in [-0.4, -0.2) is 17.7 Å². The predicted octanol–water partition coefficient (Wildman–Crippen LogP) is 5.41. The molecule has 0 radical (unpaired) electrons. The maximum Gasteiger partial charge on any atom is 0.416 e. The molecule has 1 aliphatic rings. The van der Waals surface area contributed by atoms with Gasteiger partial charge in [0.15, 0.2) is 0 Å². The zero-order chi connectivity index (χ0) is 22.3. The summed E-state index contributed by atoms with van der Waals surface area (Å²) < 4.78 is 38.8. The first-order valence-corrected chi connectivity index (χ1v) is 9.30. The van der Waals surface area contributed by atoms with E-state index in [4.69, 9.17) is 11.6 Å². The first-order valence-electron chi connectivity index (χ1n) is 8.93. The molecule has 31 heavy (non-hydrogen) atoms. The van der Waals surface area contributed by atoms with Crippen molar-refractivity contribution >= 4 is 40.7 Å². The Morgan fingerprint density at radius 1 is 0.871 bits per heavy atom. The van der Waals surface area contributed by atoms with Gasteiger partial charge in [-0.15, -0.1) is 0 Å². The van der Waals surface area contributed by atoms with E-state index >= 15 is 0 Å². The summed E-state index contributed by atoms with van der Waals surface area (Å²) in [6, 6.07) is 14.6. The van der Waals surface area contributed by atoms with E-state index in [2.05, 4.69) is 5.32 Å². The van der Waals surface area contributed by atoms with Crippen LogP contribution in [0.25, 0.3) is 0 Å². The number of rotatable bonds is 3. The van der Waals surface area contributed by atoms with E-state index in [0.29, 0.717) is 0 Å². The lowest BCUT2D eigenvalue weighted by Gasteiger charge is -2.15. The van der Waals surface area contributed by atoms with Crippen molar-refractivity contribution < 1.29 is 27.6 Å². The maximum absolute atomic E-state index is 12.9. The van der Waals surface area contributed by atoms with Gasteiger partial charge in [0.05, 0.1) is 33.1 Å². The molecule has 0 saturated carbocycles. The molecule has 0 bridgehead atoms. The molecule has 4 rings (SSSR count). The van der Waals surface area contributed by atoms with Crippen LogP contribution in [0.15, 0.2) is 66.7 Å². The highest BCUT2D eigenvalue weighted by molar-refractivity contribution is 6.35. The van der Waals surface area contributed by atoms with Gasteiger partial charge in [0, 0.05) is 5.56 Å². The van der Waals surface area contributed by atoms with Gasteiger partial charge in [-0.25, -0.2) is 4.90 Å². The van der Waals surface area contributed by atoms with E-state index in [1.807, 2.05) is 0 Å². The standard InChI is InChI=1S/C22H12ClF3N2O3/c23-17-9-8-13(22(24,25)26)11-18(17)27-19(29)12-4-3-5-14(10-12)28-20(30)15-6-1-2-7-16(15)21(28)31/h1-11H,(H,27,29). The van der Waals surface area contributed by atoms with Crippen LogP contribution in [0.2, 0.25) is 5.02 Å². The summed E-state index contributed by atoms with van der Waals surface area (Å²) in [5.41, 5.74) is -0.493. The van der Waals surface area contributed by atoms with Gasteiger partial charge in [0.1, 0.15) is 0 Å². The Labute approximate surface area is 179 Å². The van der Waals surface area contributed by atoms with Gasteiger partial charge in [-0.3, -0.25) is 14.4 Å². The Morgan fingerprint density at radius 2 is 1.52 bits per heavy atom. The van der Waals surface area contributed by atoms with Crippen molar-refractivity contribution in [3.8, 4) is 0 Å². The average Bonchev–Trinajstić information content (AvgIpc) is 2.99. The van der Waals surface area contributed by atoms with Crippen LogP contribution in [0.5, 0.6) is 0 Å². The zero-order valence-electron chi connectivity index (χ0n) is 15.5. The van der Waals surface area contributed by atoms with Crippen molar-refractivity contribution in [3.63, 3.8) is 0 Å². The topological polar surface area (TPSA) is 66.5 Å². The van der Waals surface area contributed by atoms with E-state index in [1.54, 1.807) is 12.1 Å². The highest BCUT2D eigenvalue weighted by Crippen LogP contribution is 2.34. The van der Waals surface area contributed by atoms with Gasteiger partial charge in [0.25, 0.3) is 17.7 Å². The van der Waals surface area contributed by atoms with Gasteiger partial charge < -0.3 is 5.32 Å². The van der Waals surface area contributed by atoms with Gasteiger partial charge in [0.2, 0.25) is 0 Å². The molecular formula is C22H12ClF3N2O3. The summed E-state index contributed by atoms with van der Waals surface area (Å²) in [4.78, 5) is 38.9. The number of nitrogens with one attached hydrogen (secondary N) is 1. The number of carbonyl (C=O) groups excluding carboxylic acids is 3. The molecule has 0 aromatic heterocycles.